The summed E-state index contributed by atoms with van der Waals surface area (Å²) >= 11 is 6.01. The smallest absolute Gasteiger partial charge is 0.270 e. The Bertz CT molecular complexity index is 706. The van der Waals surface area contributed by atoms with Crippen molar-refractivity contribution in [3.05, 3.63) is 35.0 Å². The molecule has 3 rings (SSSR count). The van der Waals surface area contributed by atoms with Gasteiger partial charge in [0.25, 0.3) is 5.91 Å². The molecule has 0 aliphatic heterocycles. The van der Waals surface area contributed by atoms with Crippen molar-refractivity contribution in [2.45, 2.75) is 38.1 Å². The summed E-state index contributed by atoms with van der Waals surface area (Å²) in [5.41, 5.74) is 1.52. The summed E-state index contributed by atoms with van der Waals surface area (Å²) in [6, 6.07) is 8.20. The fourth-order valence-electron chi connectivity index (χ4n) is 3.53. The molecule has 0 spiro atoms. The van der Waals surface area contributed by atoms with Gasteiger partial charge in [0, 0.05) is 42.1 Å². The van der Waals surface area contributed by atoms with Gasteiger partial charge in [-0.3, -0.25) is 4.79 Å². The molecule has 4 nitrogen and oxygen atoms in total. The quantitative estimate of drug-likeness (QED) is 0.882. The average molecular weight is 348 g/mol. The maximum absolute atomic E-state index is 12.6. The molecule has 130 valence electrons. The van der Waals surface area contributed by atoms with Gasteiger partial charge in [-0.2, -0.15) is 0 Å². The van der Waals surface area contributed by atoms with Crippen LogP contribution < -0.4 is 0 Å². The van der Waals surface area contributed by atoms with E-state index < -0.39 is 0 Å². The number of fused-ring (bicyclic) bond motifs is 1. The van der Waals surface area contributed by atoms with Gasteiger partial charge in [-0.05, 0) is 38.1 Å². The Labute approximate surface area is 148 Å². The van der Waals surface area contributed by atoms with E-state index in [2.05, 4.69) is 16.9 Å². The van der Waals surface area contributed by atoms with Gasteiger partial charge in [0.05, 0.1) is 0 Å². The van der Waals surface area contributed by atoms with Gasteiger partial charge in [0.15, 0.2) is 0 Å². The Kier molecular flexibility index (Phi) is 5.47. The van der Waals surface area contributed by atoms with Crippen LogP contribution in [0.1, 0.15) is 42.6 Å². The number of nitrogens with one attached hydrogen (secondary N) is 1. The Morgan fingerprint density at radius 2 is 1.92 bits per heavy atom. The number of aromatic nitrogens is 1. The fraction of sp³-hybridized carbons (Fsp3) is 0.526. The summed E-state index contributed by atoms with van der Waals surface area (Å²) in [4.78, 5) is 20.0. The monoisotopic (exact) mass is 347 g/mol. The van der Waals surface area contributed by atoms with Crippen LogP contribution >= 0.6 is 11.6 Å². The van der Waals surface area contributed by atoms with Crippen LogP contribution in [0.3, 0.4) is 0 Å². The SMILES string of the molecule is CN(CCN(C)C1CCCCC1)C(=O)c1cc2ccc(Cl)cc2[nH]1. The molecule has 0 radical (unpaired) electrons. The summed E-state index contributed by atoms with van der Waals surface area (Å²) < 4.78 is 0. The average Bonchev–Trinajstić information content (AvgIpc) is 3.02. The third kappa shape index (κ3) is 3.93. The number of H-pyrrole nitrogens is 1. The first-order valence-electron chi connectivity index (χ1n) is 8.78. The molecule has 1 aromatic heterocycles. The number of amides is 1. The number of rotatable bonds is 5. The van der Waals surface area contributed by atoms with E-state index in [4.69, 9.17) is 11.6 Å². The normalized spacial score (nSPS) is 16.0. The molecule has 24 heavy (non-hydrogen) atoms. The van der Waals surface area contributed by atoms with Gasteiger partial charge in [0.1, 0.15) is 5.69 Å². The van der Waals surface area contributed by atoms with Crippen LogP contribution in [0.15, 0.2) is 24.3 Å². The summed E-state index contributed by atoms with van der Waals surface area (Å²) in [5, 5.41) is 1.68. The summed E-state index contributed by atoms with van der Waals surface area (Å²) in [5.74, 6) is 0.0272. The molecule has 0 bridgehead atoms. The Morgan fingerprint density at radius 3 is 2.67 bits per heavy atom. The van der Waals surface area contributed by atoms with Gasteiger partial charge < -0.3 is 14.8 Å². The standard InChI is InChI=1S/C19H26ClN3O/c1-22(16-6-4-3-5-7-16)10-11-23(2)19(24)18-12-14-8-9-15(20)13-17(14)21-18/h8-9,12-13,16,21H,3-7,10-11H2,1-2H3. The van der Waals surface area contributed by atoms with E-state index in [1.807, 2.05) is 31.3 Å². The van der Waals surface area contributed by atoms with Crippen LogP contribution in [0.2, 0.25) is 5.02 Å². The second kappa shape index (κ2) is 7.58. The van der Waals surface area contributed by atoms with Crippen LogP contribution in [0.4, 0.5) is 0 Å². The van der Waals surface area contributed by atoms with E-state index in [0.29, 0.717) is 16.8 Å². The van der Waals surface area contributed by atoms with E-state index in [9.17, 15) is 4.79 Å². The predicted molar refractivity (Wildman–Crippen MR) is 99.8 cm³/mol. The van der Waals surface area contributed by atoms with E-state index in [-0.39, 0.29) is 5.91 Å². The second-order valence-corrected chi connectivity index (χ2v) is 7.35. The minimum absolute atomic E-state index is 0.0272. The Balaban J connectivity index is 1.59. The molecule has 1 aliphatic rings. The number of hydrogen-bond donors (Lipinski definition) is 1. The molecule has 0 unspecified atom stereocenters. The van der Waals surface area contributed by atoms with Crippen LogP contribution in [-0.2, 0) is 0 Å². The van der Waals surface area contributed by atoms with Crippen LogP contribution in [-0.4, -0.2) is 53.9 Å². The third-order valence-electron chi connectivity index (χ3n) is 5.15. The number of halogens is 1. The lowest BCUT2D eigenvalue weighted by Crippen LogP contribution is -2.40. The number of nitrogens with zero attached hydrogens (tertiary/aromatic N) is 2. The first-order chi connectivity index (χ1) is 11.5. The first-order valence-corrected chi connectivity index (χ1v) is 9.16. The molecule has 1 N–H and O–H groups in total. The highest BCUT2D eigenvalue weighted by Crippen LogP contribution is 2.22. The molecular weight excluding hydrogens is 322 g/mol. The van der Waals surface area contributed by atoms with Gasteiger partial charge in [0.2, 0.25) is 0 Å². The maximum Gasteiger partial charge on any atom is 0.270 e. The van der Waals surface area contributed by atoms with E-state index in [0.717, 1.165) is 24.0 Å². The van der Waals surface area contributed by atoms with E-state index in [1.54, 1.807) is 4.90 Å². The van der Waals surface area contributed by atoms with Crippen molar-refractivity contribution in [2.75, 3.05) is 27.2 Å². The van der Waals surface area contributed by atoms with Gasteiger partial charge in [-0.25, -0.2) is 0 Å². The molecule has 1 fully saturated rings. The highest BCUT2D eigenvalue weighted by atomic mass is 35.5. The molecular formula is C19H26ClN3O. The maximum atomic E-state index is 12.6. The number of hydrogen-bond acceptors (Lipinski definition) is 2. The van der Waals surface area contributed by atoms with Crippen molar-refractivity contribution in [1.82, 2.24) is 14.8 Å². The Morgan fingerprint density at radius 1 is 1.17 bits per heavy atom. The molecule has 0 atom stereocenters. The zero-order valence-corrected chi connectivity index (χ0v) is 15.3. The number of benzene rings is 1. The highest BCUT2D eigenvalue weighted by Gasteiger charge is 2.19. The molecule has 1 amide bonds. The summed E-state index contributed by atoms with van der Waals surface area (Å²) in [6.07, 6.45) is 6.61. The van der Waals surface area contributed by atoms with Gasteiger partial charge in [-0.1, -0.05) is 36.9 Å². The van der Waals surface area contributed by atoms with Crippen LogP contribution in [0.5, 0.6) is 0 Å². The fourth-order valence-corrected chi connectivity index (χ4v) is 3.71. The topological polar surface area (TPSA) is 39.3 Å². The molecule has 5 heteroatoms. The van der Waals surface area contributed by atoms with Crippen LogP contribution in [0, 0.1) is 0 Å². The lowest BCUT2D eigenvalue weighted by molar-refractivity contribution is 0.0763. The number of aromatic amines is 1. The molecule has 0 saturated heterocycles. The van der Waals surface area contributed by atoms with Gasteiger partial charge in [-0.15, -0.1) is 0 Å². The Hall–Kier alpha value is -1.52. The van der Waals surface area contributed by atoms with E-state index in [1.165, 1.54) is 32.1 Å². The highest BCUT2D eigenvalue weighted by molar-refractivity contribution is 6.31. The minimum Gasteiger partial charge on any atom is -0.350 e. The molecule has 1 saturated carbocycles. The van der Waals surface area contributed by atoms with Crippen molar-refractivity contribution in [1.29, 1.82) is 0 Å². The van der Waals surface area contributed by atoms with Gasteiger partial charge >= 0.3 is 0 Å². The molecule has 2 aromatic rings. The number of carbonyl (C=O) groups excluding carboxylic acids is 1. The zero-order valence-electron chi connectivity index (χ0n) is 14.5. The summed E-state index contributed by atoms with van der Waals surface area (Å²) in [7, 11) is 4.05. The molecule has 1 aromatic carbocycles. The molecule has 1 aliphatic carbocycles. The predicted octanol–water partition coefficient (Wildman–Crippen LogP) is 4.16. The minimum atomic E-state index is 0.0272. The zero-order chi connectivity index (χ0) is 17.1. The molecule has 1 heterocycles. The lowest BCUT2D eigenvalue weighted by atomic mass is 9.94. The van der Waals surface area contributed by atoms with Crippen molar-refractivity contribution in [3.63, 3.8) is 0 Å². The van der Waals surface area contributed by atoms with Crippen molar-refractivity contribution < 1.29 is 4.79 Å². The summed E-state index contributed by atoms with van der Waals surface area (Å²) in [6.45, 7) is 1.65. The van der Waals surface area contributed by atoms with Crippen molar-refractivity contribution in [2.24, 2.45) is 0 Å². The van der Waals surface area contributed by atoms with Crippen molar-refractivity contribution >= 4 is 28.4 Å². The third-order valence-corrected chi connectivity index (χ3v) is 5.38. The van der Waals surface area contributed by atoms with Crippen molar-refractivity contribution in [3.8, 4) is 0 Å². The number of likely N-dealkylation sites (N-methyl/N-ethyl adjacent to an activating group) is 2. The number of carbonyl (C=O) groups is 1. The van der Waals surface area contributed by atoms with Crippen LogP contribution in [0.25, 0.3) is 10.9 Å². The lowest BCUT2D eigenvalue weighted by Gasteiger charge is -2.32. The first kappa shape index (κ1) is 17.3. The van der Waals surface area contributed by atoms with E-state index >= 15 is 0 Å². The largest absolute Gasteiger partial charge is 0.350 e. The second-order valence-electron chi connectivity index (χ2n) is 6.91.